The molecule has 0 heterocycles. The average Bonchev–Trinajstić information content (AvgIpc) is 2.98. The Morgan fingerprint density at radius 2 is 1.83 bits per heavy atom. The van der Waals surface area contributed by atoms with E-state index in [4.69, 9.17) is 0 Å². The Bertz CT molecular complexity index is 789. The zero-order chi connectivity index (χ0) is 21.2. The predicted octanol–water partition coefficient (Wildman–Crippen LogP) is 4.37. The van der Waals surface area contributed by atoms with Crippen LogP contribution in [0.25, 0.3) is 0 Å². The van der Waals surface area contributed by atoms with E-state index in [9.17, 15) is 9.59 Å². The lowest BCUT2D eigenvalue weighted by Crippen LogP contribution is -2.52. The van der Waals surface area contributed by atoms with Gasteiger partial charge in [-0.05, 0) is 87.0 Å². The molecule has 0 aromatic heterocycles. The molecule has 4 heteroatoms. The molecule has 1 amide bonds. The summed E-state index contributed by atoms with van der Waals surface area (Å²) in [6.45, 7) is 11.0. The molecule has 4 nitrogen and oxygen atoms in total. The van der Waals surface area contributed by atoms with Crippen molar-refractivity contribution < 1.29 is 9.59 Å². The van der Waals surface area contributed by atoms with Crippen molar-refractivity contribution >= 4 is 11.7 Å². The SMILES string of the molecule is CNC1=C2C=C[C@H]3[C@@H]4CC[C@H](C(=O)NC(C)(C)C)[C@@]4(C)CC[C@@H]3[C@@]2(C)CCC1=O. The van der Waals surface area contributed by atoms with Gasteiger partial charge in [0.1, 0.15) is 0 Å². The molecule has 2 fully saturated rings. The fraction of sp³-hybridized carbons (Fsp3) is 0.760. The Balaban J connectivity index is 1.66. The Labute approximate surface area is 176 Å². The first-order valence-corrected chi connectivity index (χ1v) is 11.5. The summed E-state index contributed by atoms with van der Waals surface area (Å²) < 4.78 is 0. The van der Waals surface area contributed by atoms with Gasteiger partial charge in [-0.3, -0.25) is 9.59 Å². The van der Waals surface area contributed by atoms with Crippen LogP contribution in [0.2, 0.25) is 0 Å². The molecule has 0 aromatic carbocycles. The lowest BCUT2D eigenvalue weighted by Gasteiger charge is -2.56. The van der Waals surface area contributed by atoms with Gasteiger partial charge in [0.15, 0.2) is 5.78 Å². The van der Waals surface area contributed by atoms with Crippen LogP contribution < -0.4 is 10.6 Å². The van der Waals surface area contributed by atoms with Crippen LogP contribution in [0.5, 0.6) is 0 Å². The van der Waals surface area contributed by atoms with Crippen LogP contribution in [0.4, 0.5) is 0 Å². The number of carbonyl (C=O) groups is 2. The Morgan fingerprint density at radius 3 is 2.48 bits per heavy atom. The minimum absolute atomic E-state index is 0.0682. The molecular weight excluding hydrogens is 360 g/mol. The lowest BCUT2D eigenvalue weighted by molar-refractivity contribution is -0.132. The number of likely N-dealkylation sites (N-methyl/N-ethyl adjacent to an activating group) is 1. The number of amides is 1. The largest absolute Gasteiger partial charge is 0.385 e. The van der Waals surface area contributed by atoms with Gasteiger partial charge in [0, 0.05) is 24.9 Å². The second-order valence-corrected chi connectivity index (χ2v) is 11.4. The van der Waals surface area contributed by atoms with Crippen molar-refractivity contribution in [3.05, 3.63) is 23.4 Å². The van der Waals surface area contributed by atoms with E-state index in [1.54, 1.807) is 0 Å². The van der Waals surface area contributed by atoms with Crippen LogP contribution in [0.15, 0.2) is 23.4 Å². The Kier molecular flexibility index (Phi) is 4.79. The van der Waals surface area contributed by atoms with Crippen molar-refractivity contribution in [2.45, 2.75) is 78.7 Å². The van der Waals surface area contributed by atoms with Crippen LogP contribution in [0, 0.1) is 34.5 Å². The summed E-state index contributed by atoms with van der Waals surface area (Å²) in [5, 5.41) is 6.45. The molecule has 0 saturated heterocycles. The van der Waals surface area contributed by atoms with Crippen LogP contribution in [-0.4, -0.2) is 24.3 Å². The number of allylic oxidation sites excluding steroid dienone is 4. The van der Waals surface area contributed by atoms with Gasteiger partial charge < -0.3 is 10.6 Å². The molecule has 2 saturated carbocycles. The normalized spacial score (nSPS) is 41.5. The molecule has 4 aliphatic carbocycles. The molecule has 0 aromatic rings. The number of hydrogen-bond donors (Lipinski definition) is 2. The summed E-state index contributed by atoms with van der Waals surface area (Å²) in [4.78, 5) is 25.6. The van der Waals surface area contributed by atoms with E-state index in [0.29, 0.717) is 24.2 Å². The molecule has 0 bridgehead atoms. The van der Waals surface area contributed by atoms with Gasteiger partial charge in [-0.15, -0.1) is 0 Å². The number of rotatable bonds is 2. The lowest BCUT2D eigenvalue weighted by atomic mass is 9.48. The highest BCUT2D eigenvalue weighted by Crippen LogP contribution is 2.65. The number of Topliss-reactive ketones (excluding diaryl/α,β-unsaturated/α-hetero) is 1. The van der Waals surface area contributed by atoms with E-state index >= 15 is 0 Å². The molecule has 0 radical (unpaired) electrons. The Morgan fingerprint density at radius 1 is 1.10 bits per heavy atom. The molecule has 160 valence electrons. The molecule has 0 spiro atoms. The fourth-order valence-electron chi connectivity index (χ4n) is 7.30. The molecule has 0 aliphatic heterocycles. The van der Waals surface area contributed by atoms with Gasteiger partial charge in [0.25, 0.3) is 0 Å². The molecule has 6 atom stereocenters. The summed E-state index contributed by atoms with van der Waals surface area (Å²) in [6.07, 6.45) is 10.6. The van der Waals surface area contributed by atoms with Crippen LogP contribution in [-0.2, 0) is 9.59 Å². The van der Waals surface area contributed by atoms with Crippen LogP contribution >= 0.6 is 0 Å². The van der Waals surface area contributed by atoms with Crippen molar-refractivity contribution in [2.24, 2.45) is 34.5 Å². The summed E-state index contributed by atoms with van der Waals surface area (Å²) in [6, 6.07) is 0. The minimum atomic E-state index is -0.182. The first-order chi connectivity index (χ1) is 13.5. The molecular formula is C25H38N2O2. The standard InChI is InChI=1S/C25H38N2O2/c1-23(2,3)27-22(29)19-10-9-16-15-7-8-18-21(26-6)20(28)12-14-24(18,4)17(15)11-13-25(16,19)5/h7-8,15-17,19,26H,9-14H2,1-6H3,(H,27,29)/t15-,16-,17-,19+,24+,25-/m0/s1. The third-order valence-electron chi connectivity index (χ3n) is 8.74. The van der Waals surface area contributed by atoms with Crippen molar-refractivity contribution in [1.29, 1.82) is 0 Å². The zero-order valence-electron chi connectivity index (χ0n) is 19.0. The quantitative estimate of drug-likeness (QED) is 0.726. The molecule has 4 rings (SSSR count). The molecule has 0 unspecified atom stereocenters. The van der Waals surface area contributed by atoms with Crippen molar-refractivity contribution in [2.75, 3.05) is 7.05 Å². The van der Waals surface area contributed by atoms with Crippen LogP contribution in [0.3, 0.4) is 0 Å². The van der Waals surface area contributed by atoms with Crippen molar-refractivity contribution in [3.63, 3.8) is 0 Å². The van der Waals surface area contributed by atoms with E-state index in [1.165, 1.54) is 5.57 Å². The molecule has 4 aliphatic rings. The monoisotopic (exact) mass is 398 g/mol. The maximum absolute atomic E-state index is 13.1. The molecule has 29 heavy (non-hydrogen) atoms. The van der Waals surface area contributed by atoms with E-state index < -0.39 is 0 Å². The van der Waals surface area contributed by atoms with Gasteiger partial charge in [-0.25, -0.2) is 0 Å². The van der Waals surface area contributed by atoms with E-state index in [-0.39, 0.29) is 34.0 Å². The number of ketones is 1. The summed E-state index contributed by atoms with van der Waals surface area (Å²) in [5.41, 5.74) is 2.02. The van der Waals surface area contributed by atoms with Gasteiger partial charge >= 0.3 is 0 Å². The van der Waals surface area contributed by atoms with Crippen molar-refractivity contribution in [3.8, 4) is 0 Å². The second-order valence-electron chi connectivity index (χ2n) is 11.4. The number of nitrogens with one attached hydrogen (secondary N) is 2. The average molecular weight is 399 g/mol. The van der Waals surface area contributed by atoms with Gasteiger partial charge in [0.05, 0.1) is 5.70 Å². The van der Waals surface area contributed by atoms with Gasteiger partial charge in [-0.1, -0.05) is 26.0 Å². The second kappa shape index (κ2) is 6.72. The highest BCUT2D eigenvalue weighted by molar-refractivity contribution is 5.97. The highest BCUT2D eigenvalue weighted by Gasteiger charge is 2.59. The number of fused-ring (bicyclic) bond motifs is 5. The number of carbonyl (C=O) groups excluding carboxylic acids is 2. The van der Waals surface area contributed by atoms with E-state index in [2.05, 4.69) is 57.4 Å². The Hall–Kier alpha value is -1.58. The summed E-state index contributed by atoms with van der Waals surface area (Å²) in [5.74, 6) is 2.26. The first kappa shape index (κ1) is 20.7. The highest BCUT2D eigenvalue weighted by atomic mass is 16.2. The fourth-order valence-corrected chi connectivity index (χ4v) is 7.30. The smallest absolute Gasteiger partial charge is 0.224 e. The first-order valence-electron chi connectivity index (χ1n) is 11.5. The summed E-state index contributed by atoms with van der Waals surface area (Å²) in [7, 11) is 1.87. The van der Waals surface area contributed by atoms with E-state index in [1.807, 2.05) is 7.05 Å². The maximum atomic E-state index is 13.1. The third-order valence-corrected chi connectivity index (χ3v) is 8.74. The summed E-state index contributed by atoms with van der Waals surface area (Å²) >= 11 is 0. The van der Waals surface area contributed by atoms with Gasteiger partial charge in [-0.2, -0.15) is 0 Å². The predicted molar refractivity (Wildman–Crippen MR) is 116 cm³/mol. The van der Waals surface area contributed by atoms with Crippen molar-refractivity contribution in [1.82, 2.24) is 10.6 Å². The third kappa shape index (κ3) is 3.09. The molecule has 2 N–H and O–H groups in total. The van der Waals surface area contributed by atoms with Crippen LogP contribution in [0.1, 0.15) is 73.1 Å². The minimum Gasteiger partial charge on any atom is -0.385 e. The topological polar surface area (TPSA) is 58.2 Å². The maximum Gasteiger partial charge on any atom is 0.224 e. The number of hydrogen-bond acceptors (Lipinski definition) is 3. The van der Waals surface area contributed by atoms with Gasteiger partial charge in [0.2, 0.25) is 5.91 Å². The zero-order valence-corrected chi connectivity index (χ0v) is 19.0. The van der Waals surface area contributed by atoms with E-state index in [0.717, 1.165) is 37.8 Å².